The Morgan fingerprint density at radius 1 is 1.21 bits per heavy atom. The SMILES string of the molecule is CNCCCNC(=O)c1ccc(SC(F)(F)F)cc1. The normalized spacial score (nSPS) is 11.4. The summed E-state index contributed by atoms with van der Waals surface area (Å²) in [5.41, 5.74) is -3.95. The number of amides is 1. The first-order valence-electron chi connectivity index (χ1n) is 5.71. The molecule has 19 heavy (non-hydrogen) atoms. The van der Waals surface area contributed by atoms with Crippen molar-refractivity contribution < 1.29 is 18.0 Å². The fraction of sp³-hybridized carbons (Fsp3) is 0.417. The van der Waals surface area contributed by atoms with Crippen molar-refractivity contribution in [1.82, 2.24) is 10.6 Å². The van der Waals surface area contributed by atoms with Crippen LogP contribution in [0.5, 0.6) is 0 Å². The minimum Gasteiger partial charge on any atom is -0.352 e. The van der Waals surface area contributed by atoms with Crippen molar-refractivity contribution in [2.75, 3.05) is 20.1 Å². The minimum absolute atomic E-state index is 0.0687. The topological polar surface area (TPSA) is 41.1 Å². The van der Waals surface area contributed by atoms with E-state index >= 15 is 0 Å². The summed E-state index contributed by atoms with van der Waals surface area (Å²) in [6, 6.07) is 5.37. The molecule has 0 bridgehead atoms. The van der Waals surface area contributed by atoms with Gasteiger partial charge in [-0.1, -0.05) is 0 Å². The van der Waals surface area contributed by atoms with Crippen LogP contribution in [0.1, 0.15) is 16.8 Å². The number of halogens is 3. The van der Waals surface area contributed by atoms with Crippen LogP contribution in [0.4, 0.5) is 13.2 Å². The van der Waals surface area contributed by atoms with E-state index in [9.17, 15) is 18.0 Å². The minimum atomic E-state index is -4.31. The molecule has 0 saturated carbocycles. The molecule has 1 aromatic carbocycles. The van der Waals surface area contributed by atoms with Crippen molar-refractivity contribution in [3.05, 3.63) is 29.8 Å². The number of rotatable bonds is 6. The van der Waals surface area contributed by atoms with E-state index in [1.54, 1.807) is 0 Å². The second-order valence-electron chi connectivity index (χ2n) is 3.79. The molecule has 0 spiro atoms. The van der Waals surface area contributed by atoms with Gasteiger partial charge < -0.3 is 10.6 Å². The Hall–Kier alpha value is -1.21. The lowest BCUT2D eigenvalue weighted by Gasteiger charge is -2.07. The summed E-state index contributed by atoms with van der Waals surface area (Å²) in [5, 5.41) is 5.64. The maximum atomic E-state index is 12.1. The third-order valence-corrected chi connectivity index (χ3v) is 2.98. The Labute approximate surface area is 114 Å². The summed E-state index contributed by atoms with van der Waals surface area (Å²) in [5.74, 6) is -0.278. The Morgan fingerprint density at radius 3 is 2.37 bits per heavy atom. The monoisotopic (exact) mass is 292 g/mol. The van der Waals surface area contributed by atoms with Crippen LogP contribution in [-0.4, -0.2) is 31.6 Å². The highest BCUT2D eigenvalue weighted by atomic mass is 32.2. The van der Waals surface area contributed by atoms with E-state index in [0.29, 0.717) is 12.1 Å². The summed E-state index contributed by atoms with van der Waals surface area (Å²) in [6.07, 6.45) is 0.796. The Morgan fingerprint density at radius 2 is 1.84 bits per heavy atom. The standard InChI is InChI=1S/C12H15F3N2OS/c1-16-7-2-8-17-11(18)9-3-5-10(6-4-9)19-12(13,14)15/h3-6,16H,2,7-8H2,1H3,(H,17,18). The van der Waals surface area contributed by atoms with Crippen molar-refractivity contribution in [2.24, 2.45) is 0 Å². The number of hydrogen-bond donors (Lipinski definition) is 2. The summed E-state index contributed by atoms with van der Waals surface area (Å²) in [4.78, 5) is 11.7. The lowest BCUT2D eigenvalue weighted by molar-refractivity contribution is -0.0328. The predicted octanol–water partition coefficient (Wildman–Crippen LogP) is 2.64. The van der Waals surface area contributed by atoms with Crippen molar-refractivity contribution in [2.45, 2.75) is 16.8 Å². The highest BCUT2D eigenvalue weighted by molar-refractivity contribution is 8.00. The Kier molecular flexibility index (Phi) is 6.17. The second kappa shape index (κ2) is 7.40. The molecule has 1 rings (SSSR count). The fourth-order valence-electron chi connectivity index (χ4n) is 1.38. The van der Waals surface area contributed by atoms with Gasteiger partial charge in [0, 0.05) is 17.0 Å². The highest BCUT2D eigenvalue weighted by Crippen LogP contribution is 2.36. The van der Waals surface area contributed by atoms with E-state index in [1.807, 2.05) is 7.05 Å². The summed E-state index contributed by atoms with van der Waals surface area (Å²) in [7, 11) is 1.82. The largest absolute Gasteiger partial charge is 0.446 e. The Balaban J connectivity index is 2.49. The van der Waals surface area contributed by atoms with Crippen molar-refractivity contribution >= 4 is 17.7 Å². The molecular formula is C12H15F3N2OS. The van der Waals surface area contributed by atoms with Crippen molar-refractivity contribution in [1.29, 1.82) is 0 Å². The van der Waals surface area contributed by atoms with E-state index in [0.717, 1.165) is 13.0 Å². The first-order chi connectivity index (χ1) is 8.92. The van der Waals surface area contributed by atoms with Crippen LogP contribution in [0.3, 0.4) is 0 Å². The molecule has 0 radical (unpaired) electrons. The lowest BCUT2D eigenvalue weighted by Crippen LogP contribution is -2.26. The number of alkyl halides is 3. The molecule has 1 aromatic rings. The summed E-state index contributed by atoms with van der Waals surface area (Å²) < 4.78 is 36.4. The van der Waals surface area contributed by atoms with Crippen LogP contribution in [-0.2, 0) is 0 Å². The molecule has 0 aliphatic rings. The van der Waals surface area contributed by atoms with E-state index in [1.165, 1.54) is 24.3 Å². The number of thioether (sulfide) groups is 1. The van der Waals surface area contributed by atoms with E-state index in [2.05, 4.69) is 10.6 Å². The number of hydrogen-bond acceptors (Lipinski definition) is 3. The molecule has 0 aromatic heterocycles. The highest BCUT2D eigenvalue weighted by Gasteiger charge is 2.29. The molecule has 2 N–H and O–H groups in total. The zero-order chi connectivity index (χ0) is 14.3. The molecule has 0 aliphatic heterocycles. The molecule has 106 valence electrons. The zero-order valence-corrected chi connectivity index (χ0v) is 11.2. The zero-order valence-electron chi connectivity index (χ0n) is 10.4. The lowest BCUT2D eigenvalue weighted by atomic mass is 10.2. The summed E-state index contributed by atoms with van der Waals surface area (Å²) >= 11 is -0.194. The van der Waals surface area contributed by atoms with Crippen LogP contribution in [0.15, 0.2) is 29.2 Å². The maximum absolute atomic E-state index is 12.1. The first kappa shape index (κ1) is 15.8. The van der Waals surface area contributed by atoms with Gasteiger partial charge in [-0.2, -0.15) is 13.2 Å². The third-order valence-electron chi connectivity index (χ3n) is 2.24. The van der Waals surface area contributed by atoms with Gasteiger partial charge in [0.2, 0.25) is 0 Å². The quantitative estimate of drug-likeness (QED) is 0.625. The maximum Gasteiger partial charge on any atom is 0.446 e. The molecule has 7 heteroatoms. The van der Waals surface area contributed by atoms with Crippen LogP contribution in [0.25, 0.3) is 0 Å². The van der Waals surface area contributed by atoms with Crippen molar-refractivity contribution in [3.63, 3.8) is 0 Å². The molecular weight excluding hydrogens is 277 g/mol. The molecule has 0 saturated heterocycles. The molecule has 0 fully saturated rings. The molecule has 3 nitrogen and oxygen atoms in total. The van der Waals surface area contributed by atoms with Gasteiger partial charge >= 0.3 is 5.51 Å². The molecule has 0 unspecified atom stereocenters. The fourth-order valence-corrected chi connectivity index (χ4v) is 1.92. The number of nitrogens with one attached hydrogen (secondary N) is 2. The van der Waals surface area contributed by atoms with E-state index < -0.39 is 5.51 Å². The van der Waals surface area contributed by atoms with Crippen molar-refractivity contribution in [3.8, 4) is 0 Å². The van der Waals surface area contributed by atoms with Gasteiger partial charge in [0.25, 0.3) is 5.91 Å². The van der Waals surface area contributed by atoms with Gasteiger partial charge in [-0.15, -0.1) is 0 Å². The average Bonchev–Trinajstić information content (AvgIpc) is 2.33. The van der Waals surface area contributed by atoms with E-state index in [4.69, 9.17) is 0 Å². The van der Waals surface area contributed by atoms with Gasteiger partial charge in [-0.05, 0) is 56.0 Å². The van der Waals surface area contributed by atoms with Crippen LogP contribution in [0.2, 0.25) is 0 Å². The molecule has 0 aliphatic carbocycles. The van der Waals surface area contributed by atoms with Gasteiger partial charge in [0.05, 0.1) is 0 Å². The van der Waals surface area contributed by atoms with Gasteiger partial charge in [0.1, 0.15) is 0 Å². The average molecular weight is 292 g/mol. The van der Waals surface area contributed by atoms with Gasteiger partial charge in [-0.3, -0.25) is 4.79 Å². The molecule has 0 atom stereocenters. The predicted molar refractivity (Wildman–Crippen MR) is 69.2 cm³/mol. The third kappa shape index (κ3) is 6.49. The van der Waals surface area contributed by atoms with E-state index in [-0.39, 0.29) is 22.6 Å². The molecule has 1 amide bonds. The summed E-state index contributed by atoms with van der Waals surface area (Å²) in [6.45, 7) is 1.32. The smallest absolute Gasteiger partial charge is 0.352 e. The second-order valence-corrected chi connectivity index (χ2v) is 4.92. The number of carbonyl (C=O) groups is 1. The number of carbonyl (C=O) groups excluding carboxylic acids is 1. The van der Waals surface area contributed by atoms with Crippen LogP contribution in [0, 0.1) is 0 Å². The van der Waals surface area contributed by atoms with Gasteiger partial charge in [-0.25, -0.2) is 0 Å². The molecule has 0 heterocycles. The van der Waals surface area contributed by atoms with Gasteiger partial charge in [0.15, 0.2) is 0 Å². The number of benzene rings is 1. The Bertz CT molecular complexity index is 406. The first-order valence-corrected chi connectivity index (χ1v) is 6.52. The van der Waals surface area contributed by atoms with Crippen LogP contribution < -0.4 is 10.6 Å². The van der Waals surface area contributed by atoms with Crippen LogP contribution >= 0.6 is 11.8 Å².